The molecule has 2 N–H and O–H groups in total. The first-order valence-electron chi connectivity index (χ1n) is 6.79. The molecule has 3 rings (SSSR count). The molecule has 2 aromatic carbocycles. The van der Waals surface area contributed by atoms with Crippen molar-refractivity contribution in [2.24, 2.45) is 5.73 Å². The van der Waals surface area contributed by atoms with Crippen LogP contribution < -0.4 is 5.73 Å². The van der Waals surface area contributed by atoms with Crippen LogP contribution >= 0.6 is 0 Å². The molecule has 98 valence electrons. The Balaban J connectivity index is 2.27. The lowest BCUT2D eigenvalue weighted by Crippen LogP contribution is -2.31. The molecule has 1 aliphatic rings. The molecule has 2 heteroatoms. The van der Waals surface area contributed by atoms with E-state index in [1.54, 1.807) is 0 Å². The molecule has 0 amide bonds. The van der Waals surface area contributed by atoms with Gasteiger partial charge in [-0.3, -0.25) is 0 Å². The minimum Gasteiger partial charge on any atom is -0.400 e. The lowest BCUT2D eigenvalue weighted by Gasteiger charge is -2.32. The zero-order valence-corrected chi connectivity index (χ0v) is 11.2. The molecule has 0 saturated carbocycles. The minimum absolute atomic E-state index is 0.354. The van der Waals surface area contributed by atoms with E-state index in [-0.39, 0.29) is 5.41 Å². The lowest BCUT2D eigenvalue weighted by molar-refractivity contribution is 0.588. The number of nitriles is 1. The molecule has 0 radical (unpaired) electrons. The molecule has 0 fully saturated rings. The van der Waals surface area contributed by atoms with Gasteiger partial charge >= 0.3 is 0 Å². The second-order valence-electron chi connectivity index (χ2n) is 5.14. The summed E-state index contributed by atoms with van der Waals surface area (Å²) in [5, 5.41) is 9.27. The predicted molar refractivity (Wildman–Crippen MR) is 79.7 cm³/mol. The van der Waals surface area contributed by atoms with Crippen LogP contribution in [0.1, 0.15) is 24.0 Å². The van der Waals surface area contributed by atoms with E-state index in [0.29, 0.717) is 5.70 Å². The molecule has 0 bridgehead atoms. The smallest absolute Gasteiger partial charge is 0.0965 e. The largest absolute Gasteiger partial charge is 0.400 e. The van der Waals surface area contributed by atoms with Gasteiger partial charge in [0.2, 0.25) is 0 Å². The highest BCUT2D eigenvalue weighted by Crippen LogP contribution is 2.47. The molecular formula is C18H16N2. The number of allylic oxidation sites excluding steroid dienone is 2. The molecule has 0 aliphatic heterocycles. The number of rotatable bonds is 2. The summed E-state index contributed by atoms with van der Waals surface area (Å²) >= 11 is 0. The van der Waals surface area contributed by atoms with Crippen LogP contribution in [0, 0.1) is 11.3 Å². The molecule has 20 heavy (non-hydrogen) atoms. The van der Waals surface area contributed by atoms with Gasteiger partial charge in [0.1, 0.15) is 0 Å². The third kappa shape index (κ3) is 1.71. The number of hydrogen-bond donors (Lipinski definition) is 1. The summed E-state index contributed by atoms with van der Waals surface area (Å²) in [6.45, 7) is 0. The van der Waals surface area contributed by atoms with Gasteiger partial charge in [-0.15, -0.1) is 0 Å². The first-order chi connectivity index (χ1) is 9.79. The van der Waals surface area contributed by atoms with E-state index in [0.717, 1.165) is 29.5 Å². The maximum Gasteiger partial charge on any atom is 0.0965 e. The van der Waals surface area contributed by atoms with Crippen LogP contribution in [0.2, 0.25) is 0 Å². The van der Waals surface area contributed by atoms with Gasteiger partial charge in [-0.1, -0.05) is 60.7 Å². The van der Waals surface area contributed by atoms with Crippen LogP contribution in [0.4, 0.5) is 0 Å². The van der Waals surface area contributed by atoms with Crippen LogP contribution in [0.5, 0.6) is 0 Å². The Hall–Kier alpha value is -2.53. The summed E-state index contributed by atoms with van der Waals surface area (Å²) in [7, 11) is 0. The molecule has 2 aromatic rings. The molecule has 0 spiro atoms. The van der Waals surface area contributed by atoms with Gasteiger partial charge in [0.15, 0.2) is 0 Å². The van der Waals surface area contributed by atoms with E-state index in [1.165, 1.54) is 0 Å². The van der Waals surface area contributed by atoms with Crippen molar-refractivity contribution in [1.82, 2.24) is 0 Å². The van der Waals surface area contributed by atoms with Crippen LogP contribution in [0.3, 0.4) is 0 Å². The van der Waals surface area contributed by atoms with Crippen molar-refractivity contribution in [3.8, 4) is 6.07 Å². The summed E-state index contributed by atoms with van der Waals surface area (Å²) in [4.78, 5) is 0. The van der Waals surface area contributed by atoms with Crippen LogP contribution in [-0.2, 0) is 5.41 Å². The summed E-state index contributed by atoms with van der Waals surface area (Å²) in [5.74, 6) is 0. The molecule has 0 heterocycles. The third-order valence-corrected chi connectivity index (χ3v) is 4.20. The Morgan fingerprint density at radius 3 is 1.80 bits per heavy atom. The quantitative estimate of drug-likeness (QED) is 0.898. The molecule has 0 saturated heterocycles. The Kier molecular flexibility index (Phi) is 3.04. The zero-order chi connectivity index (χ0) is 14.0. The molecule has 2 nitrogen and oxygen atoms in total. The lowest BCUT2D eigenvalue weighted by atomic mass is 9.72. The summed E-state index contributed by atoms with van der Waals surface area (Å²) < 4.78 is 0. The standard InChI is InChI=1S/C18H16N2/c19-13-14-11-12-18(17(14)20,15-7-3-1-4-8-15)16-9-5-2-6-10-16/h1-10H,11-12,20H2. The van der Waals surface area contributed by atoms with E-state index in [4.69, 9.17) is 5.73 Å². The van der Waals surface area contributed by atoms with E-state index in [9.17, 15) is 5.26 Å². The highest BCUT2D eigenvalue weighted by Gasteiger charge is 2.42. The number of nitrogens with zero attached hydrogens (tertiary/aromatic N) is 1. The second-order valence-corrected chi connectivity index (χ2v) is 5.14. The maximum absolute atomic E-state index is 9.27. The average Bonchev–Trinajstić information content (AvgIpc) is 2.87. The second kappa shape index (κ2) is 4.86. The Bertz CT molecular complexity index is 639. The van der Waals surface area contributed by atoms with Crippen molar-refractivity contribution >= 4 is 0 Å². The third-order valence-electron chi connectivity index (χ3n) is 4.20. The van der Waals surface area contributed by atoms with Crippen LogP contribution in [0.15, 0.2) is 71.9 Å². The van der Waals surface area contributed by atoms with E-state index in [2.05, 4.69) is 30.3 Å². The topological polar surface area (TPSA) is 49.8 Å². The normalized spacial score (nSPS) is 16.9. The summed E-state index contributed by atoms with van der Waals surface area (Å²) in [6.07, 6.45) is 1.60. The summed E-state index contributed by atoms with van der Waals surface area (Å²) in [6, 6.07) is 22.8. The van der Waals surface area contributed by atoms with Gasteiger partial charge in [-0.25, -0.2) is 0 Å². The van der Waals surface area contributed by atoms with Gasteiger partial charge in [0, 0.05) is 11.3 Å². The monoisotopic (exact) mass is 260 g/mol. The van der Waals surface area contributed by atoms with Gasteiger partial charge in [0.25, 0.3) is 0 Å². The van der Waals surface area contributed by atoms with Crippen molar-refractivity contribution < 1.29 is 0 Å². The maximum atomic E-state index is 9.27. The molecular weight excluding hydrogens is 244 g/mol. The fourth-order valence-electron chi connectivity index (χ4n) is 3.17. The van der Waals surface area contributed by atoms with E-state index in [1.807, 2.05) is 36.4 Å². The number of benzene rings is 2. The van der Waals surface area contributed by atoms with Gasteiger partial charge in [0.05, 0.1) is 11.5 Å². The molecule has 0 atom stereocenters. The SMILES string of the molecule is N#CC1=C(N)C(c2ccccc2)(c2ccccc2)CC1. The van der Waals surface area contributed by atoms with Crippen LogP contribution in [-0.4, -0.2) is 0 Å². The van der Waals surface area contributed by atoms with Gasteiger partial charge < -0.3 is 5.73 Å². The van der Waals surface area contributed by atoms with Crippen molar-refractivity contribution in [3.63, 3.8) is 0 Å². The molecule has 1 aliphatic carbocycles. The van der Waals surface area contributed by atoms with Gasteiger partial charge in [-0.2, -0.15) is 5.26 Å². The van der Waals surface area contributed by atoms with Crippen LogP contribution in [0.25, 0.3) is 0 Å². The van der Waals surface area contributed by atoms with Crippen molar-refractivity contribution in [2.75, 3.05) is 0 Å². The molecule has 0 unspecified atom stereocenters. The first-order valence-corrected chi connectivity index (χ1v) is 6.79. The molecule has 0 aromatic heterocycles. The van der Waals surface area contributed by atoms with Crippen molar-refractivity contribution in [2.45, 2.75) is 18.3 Å². The van der Waals surface area contributed by atoms with Crippen molar-refractivity contribution in [1.29, 1.82) is 5.26 Å². The van der Waals surface area contributed by atoms with E-state index < -0.39 is 0 Å². The highest BCUT2D eigenvalue weighted by atomic mass is 14.7. The number of hydrogen-bond acceptors (Lipinski definition) is 2. The Labute approximate surface area is 119 Å². The first kappa shape index (κ1) is 12.5. The Morgan fingerprint density at radius 1 is 0.900 bits per heavy atom. The number of nitrogens with two attached hydrogens (primary N) is 1. The fraction of sp³-hybridized carbons (Fsp3) is 0.167. The summed E-state index contributed by atoms with van der Waals surface area (Å²) in [5.41, 5.74) is 9.78. The van der Waals surface area contributed by atoms with Crippen molar-refractivity contribution in [3.05, 3.63) is 83.1 Å². The average molecular weight is 260 g/mol. The highest BCUT2D eigenvalue weighted by molar-refractivity contribution is 5.54. The zero-order valence-electron chi connectivity index (χ0n) is 11.2. The van der Waals surface area contributed by atoms with E-state index >= 15 is 0 Å². The van der Waals surface area contributed by atoms with Gasteiger partial charge in [-0.05, 0) is 24.0 Å². The predicted octanol–water partition coefficient (Wildman–Crippen LogP) is 3.50. The minimum atomic E-state index is -0.354. The fourth-order valence-corrected chi connectivity index (χ4v) is 3.17. The Morgan fingerprint density at radius 2 is 1.40 bits per heavy atom.